The molecule has 0 aliphatic carbocycles. The molecule has 1 fully saturated rings. The van der Waals surface area contributed by atoms with Crippen LogP contribution in [0.5, 0.6) is 0 Å². The number of rotatable bonds is 6. The third-order valence-corrected chi connectivity index (χ3v) is 5.64. The number of para-hydroxylation sites is 1. The van der Waals surface area contributed by atoms with Crippen molar-refractivity contribution in [2.24, 2.45) is 0 Å². The number of thiazole rings is 1. The summed E-state index contributed by atoms with van der Waals surface area (Å²) in [6.07, 6.45) is 1.78. The minimum Gasteiger partial charge on any atom is -0.384 e. The van der Waals surface area contributed by atoms with E-state index in [-0.39, 0.29) is 0 Å². The van der Waals surface area contributed by atoms with Crippen molar-refractivity contribution >= 4 is 26.7 Å². The van der Waals surface area contributed by atoms with E-state index >= 15 is 0 Å². The summed E-state index contributed by atoms with van der Waals surface area (Å²) in [4.78, 5) is 14.0. The molecule has 8 heteroatoms. The lowest BCUT2D eigenvalue weighted by Crippen LogP contribution is -2.30. The Hall–Kier alpha value is -2.03. The third-order valence-electron chi connectivity index (χ3n) is 4.54. The predicted molar refractivity (Wildman–Crippen MR) is 102 cm³/mol. The molecule has 1 aliphatic heterocycles. The van der Waals surface area contributed by atoms with Gasteiger partial charge in [-0.25, -0.2) is 4.98 Å². The summed E-state index contributed by atoms with van der Waals surface area (Å²) in [7, 11) is 1.68. The first kappa shape index (κ1) is 17.4. The van der Waals surface area contributed by atoms with Crippen molar-refractivity contribution < 1.29 is 9.26 Å². The second kappa shape index (κ2) is 8.11. The number of benzene rings is 1. The first-order valence-electron chi connectivity index (χ1n) is 8.95. The molecular weight excluding hydrogens is 350 g/mol. The van der Waals surface area contributed by atoms with Crippen LogP contribution in [-0.4, -0.2) is 59.9 Å². The molecule has 4 rings (SSSR count). The van der Waals surface area contributed by atoms with Crippen molar-refractivity contribution in [2.45, 2.75) is 19.4 Å². The van der Waals surface area contributed by atoms with Crippen LogP contribution in [-0.2, 0) is 17.7 Å². The van der Waals surface area contributed by atoms with Crippen LogP contribution in [0, 0.1) is 0 Å². The molecular formula is C18H23N5O2S. The summed E-state index contributed by atoms with van der Waals surface area (Å²) in [5, 5.41) is 5.14. The zero-order chi connectivity index (χ0) is 17.8. The lowest BCUT2D eigenvalue weighted by atomic mass is 10.3. The van der Waals surface area contributed by atoms with Crippen molar-refractivity contribution in [2.75, 3.05) is 44.8 Å². The van der Waals surface area contributed by atoms with Gasteiger partial charge in [0.2, 0.25) is 5.89 Å². The maximum absolute atomic E-state index is 5.37. The van der Waals surface area contributed by atoms with Gasteiger partial charge in [-0.05, 0) is 18.6 Å². The van der Waals surface area contributed by atoms with Crippen molar-refractivity contribution in [1.29, 1.82) is 0 Å². The number of hydrogen-bond donors (Lipinski definition) is 0. The van der Waals surface area contributed by atoms with Crippen molar-refractivity contribution in [1.82, 2.24) is 20.0 Å². The lowest BCUT2D eigenvalue weighted by Gasteiger charge is -2.20. The average molecular weight is 373 g/mol. The maximum Gasteiger partial charge on any atom is 0.240 e. The van der Waals surface area contributed by atoms with Gasteiger partial charge >= 0.3 is 0 Å². The Balaban J connectivity index is 1.36. The van der Waals surface area contributed by atoms with Crippen LogP contribution in [0.1, 0.15) is 18.1 Å². The fraction of sp³-hybridized carbons (Fsp3) is 0.500. The Morgan fingerprint density at radius 1 is 1.15 bits per heavy atom. The van der Waals surface area contributed by atoms with Crippen LogP contribution in [0.2, 0.25) is 0 Å². The molecule has 0 bridgehead atoms. The van der Waals surface area contributed by atoms with E-state index in [9.17, 15) is 0 Å². The Labute approximate surface area is 156 Å². The first-order valence-corrected chi connectivity index (χ1v) is 9.77. The zero-order valence-corrected chi connectivity index (χ0v) is 15.7. The molecule has 0 N–H and O–H groups in total. The zero-order valence-electron chi connectivity index (χ0n) is 14.9. The number of ether oxygens (including phenoxy) is 1. The fourth-order valence-corrected chi connectivity index (χ4v) is 4.17. The summed E-state index contributed by atoms with van der Waals surface area (Å²) in [5.74, 6) is 1.40. The van der Waals surface area contributed by atoms with Gasteiger partial charge in [-0.3, -0.25) is 4.90 Å². The molecule has 1 aromatic carbocycles. The number of aromatic nitrogens is 3. The highest BCUT2D eigenvalue weighted by Gasteiger charge is 2.19. The first-order chi connectivity index (χ1) is 12.8. The highest BCUT2D eigenvalue weighted by molar-refractivity contribution is 7.22. The van der Waals surface area contributed by atoms with E-state index < -0.39 is 0 Å². The van der Waals surface area contributed by atoms with E-state index in [4.69, 9.17) is 14.2 Å². The molecule has 0 unspecified atom stereocenters. The lowest BCUT2D eigenvalue weighted by molar-refractivity contribution is 0.199. The molecule has 3 aromatic rings. The van der Waals surface area contributed by atoms with Gasteiger partial charge in [-0.2, -0.15) is 4.98 Å². The molecule has 0 spiro atoms. The van der Waals surface area contributed by atoms with Gasteiger partial charge in [0.15, 0.2) is 11.0 Å². The number of anilines is 1. The van der Waals surface area contributed by atoms with Crippen LogP contribution in [0.3, 0.4) is 0 Å². The summed E-state index contributed by atoms with van der Waals surface area (Å²) in [6.45, 7) is 5.29. The molecule has 26 heavy (non-hydrogen) atoms. The van der Waals surface area contributed by atoms with Crippen LogP contribution >= 0.6 is 11.3 Å². The van der Waals surface area contributed by atoms with Gasteiger partial charge in [-0.15, -0.1) is 0 Å². The molecule has 0 atom stereocenters. The van der Waals surface area contributed by atoms with E-state index in [1.165, 1.54) is 4.70 Å². The largest absolute Gasteiger partial charge is 0.384 e. The molecule has 1 aliphatic rings. The van der Waals surface area contributed by atoms with E-state index in [1.54, 1.807) is 18.4 Å². The van der Waals surface area contributed by atoms with E-state index in [1.807, 2.05) is 6.07 Å². The van der Waals surface area contributed by atoms with E-state index in [0.29, 0.717) is 31.3 Å². The van der Waals surface area contributed by atoms with Crippen LogP contribution in [0.4, 0.5) is 5.13 Å². The quantitative estimate of drug-likeness (QED) is 0.658. The van der Waals surface area contributed by atoms with Gasteiger partial charge in [-0.1, -0.05) is 28.6 Å². The van der Waals surface area contributed by atoms with Gasteiger partial charge in [0, 0.05) is 39.7 Å². The summed E-state index contributed by atoms with van der Waals surface area (Å²) in [6, 6.07) is 8.33. The Bertz CT molecular complexity index is 816. The van der Waals surface area contributed by atoms with E-state index in [0.717, 1.165) is 43.2 Å². The van der Waals surface area contributed by atoms with Crippen LogP contribution < -0.4 is 4.90 Å². The highest BCUT2D eigenvalue weighted by atomic mass is 32.1. The number of hydrogen-bond acceptors (Lipinski definition) is 8. The smallest absolute Gasteiger partial charge is 0.240 e. The molecule has 0 saturated carbocycles. The van der Waals surface area contributed by atoms with Crippen LogP contribution in [0.15, 0.2) is 28.8 Å². The standard InChI is InChI=1S/C18H23N5O2S/c1-24-12-7-16-20-17(25-21-16)13-22-8-4-9-23(11-10-22)18-19-14-5-2-3-6-15(14)26-18/h2-3,5-6H,4,7-13H2,1H3. The van der Waals surface area contributed by atoms with Crippen molar-refractivity contribution in [3.8, 4) is 0 Å². The molecule has 138 valence electrons. The molecule has 2 aromatic heterocycles. The normalized spacial score (nSPS) is 16.3. The number of nitrogens with zero attached hydrogens (tertiary/aromatic N) is 5. The highest BCUT2D eigenvalue weighted by Crippen LogP contribution is 2.29. The van der Waals surface area contributed by atoms with Crippen molar-refractivity contribution in [3.63, 3.8) is 0 Å². The molecule has 1 saturated heterocycles. The predicted octanol–water partition coefficient (Wildman–Crippen LogP) is 2.58. The monoisotopic (exact) mass is 373 g/mol. The SMILES string of the molecule is COCCc1noc(CN2CCCN(c3nc4ccccc4s3)CC2)n1. The number of fused-ring (bicyclic) bond motifs is 1. The van der Waals surface area contributed by atoms with Gasteiger partial charge in [0.25, 0.3) is 0 Å². The van der Waals surface area contributed by atoms with Gasteiger partial charge in [0.1, 0.15) is 0 Å². The van der Waals surface area contributed by atoms with Crippen LogP contribution in [0.25, 0.3) is 10.2 Å². The molecule has 0 radical (unpaired) electrons. The summed E-state index contributed by atoms with van der Waals surface area (Å²) >= 11 is 1.77. The topological polar surface area (TPSA) is 67.5 Å². The second-order valence-corrected chi connectivity index (χ2v) is 7.44. The summed E-state index contributed by atoms with van der Waals surface area (Å²) < 4.78 is 11.7. The Kier molecular flexibility index (Phi) is 5.42. The summed E-state index contributed by atoms with van der Waals surface area (Å²) in [5.41, 5.74) is 1.09. The fourth-order valence-electron chi connectivity index (χ4n) is 3.16. The Morgan fingerprint density at radius 2 is 2.08 bits per heavy atom. The van der Waals surface area contributed by atoms with Crippen molar-refractivity contribution in [3.05, 3.63) is 36.0 Å². The Morgan fingerprint density at radius 3 is 2.96 bits per heavy atom. The minimum absolute atomic E-state index is 0.611. The van der Waals surface area contributed by atoms with E-state index in [2.05, 4.69) is 38.1 Å². The molecule has 3 heterocycles. The van der Waals surface area contributed by atoms with Gasteiger partial charge < -0.3 is 14.2 Å². The third kappa shape index (κ3) is 4.03. The second-order valence-electron chi connectivity index (χ2n) is 6.43. The number of methoxy groups -OCH3 is 1. The average Bonchev–Trinajstić information content (AvgIpc) is 3.22. The minimum atomic E-state index is 0.611. The maximum atomic E-state index is 5.37. The molecule has 0 amide bonds. The molecule has 7 nitrogen and oxygen atoms in total. The van der Waals surface area contributed by atoms with Gasteiger partial charge in [0.05, 0.1) is 23.4 Å².